The van der Waals surface area contributed by atoms with Gasteiger partial charge in [0, 0.05) is 26.7 Å². The Bertz CT molecular complexity index is 922. The highest BCUT2D eigenvalue weighted by molar-refractivity contribution is 5.67. The molecule has 3 fully saturated rings. The molecule has 3 saturated carbocycles. The van der Waals surface area contributed by atoms with Crippen LogP contribution in [0.4, 0.5) is 0 Å². The number of carbonyl (C=O) groups excluding carboxylic acids is 2. The molecule has 1 unspecified atom stereocenters. The summed E-state index contributed by atoms with van der Waals surface area (Å²) in [6.45, 7) is 18.9. The van der Waals surface area contributed by atoms with Crippen molar-refractivity contribution in [3.63, 3.8) is 0 Å². The molecule has 0 aromatic carbocycles. The number of hydrogen-bond acceptors (Lipinski definition) is 4. The Morgan fingerprint density at radius 3 is 2.36 bits per heavy atom. The Hall–Kier alpha value is -2.10. The molecule has 0 aliphatic heterocycles. The van der Waals surface area contributed by atoms with Crippen LogP contribution in [-0.4, -0.2) is 24.1 Å². The molecule has 0 N–H and O–H groups in total. The van der Waals surface area contributed by atoms with Crippen LogP contribution in [0, 0.1) is 35.0 Å². The Kier molecular flexibility index (Phi) is 9.46. The van der Waals surface area contributed by atoms with Gasteiger partial charge in [-0.15, -0.1) is 0 Å². The molecule has 0 aromatic rings. The summed E-state index contributed by atoms with van der Waals surface area (Å²) < 4.78 is 11.0. The summed E-state index contributed by atoms with van der Waals surface area (Å²) in [5, 5.41) is 0. The van der Waals surface area contributed by atoms with Crippen LogP contribution in [0.25, 0.3) is 0 Å². The van der Waals surface area contributed by atoms with Crippen LogP contribution >= 0.6 is 0 Å². The zero-order valence-electron chi connectivity index (χ0n) is 23.6. The van der Waals surface area contributed by atoms with Gasteiger partial charge < -0.3 is 9.47 Å². The number of ether oxygens (including phenoxy) is 2. The Morgan fingerprint density at radius 2 is 1.72 bits per heavy atom. The number of allylic oxidation sites excluding steroid dienone is 5. The molecule has 3 rings (SSSR count). The van der Waals surface area contributed by atoms with Gasteiger partial charge in [-0.25, -0.2) is 0 Å². The molecule has 0 heterocycles. The molecule has 7 atom stereocenters. The van der Waals surface area contributed by atoms with Gasteiger partial charge >= 0.3 is 11.9 Å². The number of fused-ring (bicyclic) bond motifs is 1. The highest BCUT2D eigenvalue weighted by atomic mass is 16.6. The molecule has 36 heavy (non-hydrogen) atoms. The molecular weight excluding hydrogens is 448 g/mol. The van der Waals surface area contributed by atoms with E-state index in [4.69, 9.17) is 9.47 Å². The van der Waals surface area contributed by atoms with E-state index in [1.165, 1.54) is 45.1 Å². The summed E-state index contributed by atoms with van der Waals surface area (Å²) in [7, 11) is 0. The van der Waals surface area contributed by atoms with Crippen molar-refractivity contribution in [1.82, 2.24) is 0 Å². The first-order valence-corrected chi connectivity index (χ1v) is 14.0. The van der Waals surface area contributed by atoms with Gasteiger partial charge in [0.15, 0.2) is 0 Å². The monoisotopic (exact) mass is 496 g/mol. The number of rotatable bonds is 7. The Balaban J connectivity index is 1.80. The van der Waals surface area contributed by atoms with Crippen molar-refractivity contribution in [2.75, 3.05) is 0 Å². The summed E-state index contributed by atoms with van der Waals surface area (Å²) in [4.78, 5) is 23.3. The topological polar surface area (TPSA) is 52.6 Å². The Morgan fingerprint density at radius 1 is 1.03 bits per heavy atom. The van der Waals surface area contributed by atoms with Crippen molar-refractivity contribution in [1.29, 1.82) is 0 Å². The van der Waals surface area contributed by atoms with Crippen molar-refractivity contribution in [2.45, 2.75) is 106 Å². The lowest BCUT2D eigenvalue weighted by atomic mass is 9.61. The fourth-order valence-corrected chi connectivity index (χ4v) is 6.92. The fraction of sp³-hybridized carbons (Fsp3) is 0.688. The van der Waals surface area contributed by atoms with Crippen LogP contribution < -0.4 is 0 Å². The van der Waals surface area contributed by atoms with Crippen molar-refractivity contribution >= 4 is 11.9 Å². The molecule has 0 radical (unpaired) electrons. The smallest absolute Gasteiger partial charge is 0.303 e. The molecule has 3 aliphatic carbocycles. The fourth-order valence-electron chi connectivity index (χ4n) is 6.92. The van der Waals surface area contributed by atoms with Crippen LogP contribution in [0.5, 0.6) is 0 Å². The number of esters is 2. The minimum absolute atomic E-state index is 0.296. The van der Waals surface area contributed by atoms with Crippen molar-refractivity contribution in [3.8, 4) is 0 Å². The van der Waals surface area contributed by atoms with Gasteiger partial charge in [0.05, 0.1) is 0 Å². The second kappa shape index (κ2) is 12.0. The van der Waals surface area contributed by atoms with Crippen LogP contribution in [0.1, 0.15) is 93.4 Å². The maximum absolute atomic E-state index is 11.7. The van der Waals surface area contributed by atoms with E-state index < -0.39 is 6.10 Å². The molecular formula is C32H48O4. The van der Waals surface area contributed by atoms with Crippen LogP contribution in [0.2, 0.25) is 0 Å². The number of hydrogen-bond donors (Lipinski definition) is 0. The summed E-state index contributed by atoms with van der Waals surface area (Å²) in [6.07, 6.45) is 15.9. The molecule has 0 saturated heterocycles. The zero-order chi connectivity index (χ0) is 26.6. The lowest BCUT2D eigenvalue weighted by Crippen LogP contribution is -2.35. The SMILES string of the molecule is C=C1/C(=C/C=C2\CCC[C@]3(C)C([C@H](C)/C=C/[C@H](C)C(C)C)CC[C@@H]23)C[C@H](OC(C)=O)C[C@@H]1OC(C)=O. The largest absolute Gasteiger partial charge is 0.462 e. The van der Waals surface area contributed by atoms with E-state index >= 15 is 0 Å². The van der Waals surface area contributed by atoms with E-state index in [-0.39, 0.29) is 18.0 Å². The highest BCUT2D eigenvalue weighted by Crippen LogP contribution is 2.59. The molecule has 200 valence electrons. The van der Waals surface area contributed by atoms with E-state index in [9.17, 15) is 9.59 Å². The van der Waals surface area contributed by atoms with E-state index in [0.717, 1.165) is 17.6 Å². The first-order valence-electron chi connectivity index (χ1n) is 14.0. The third-order valence-corrected chi connectivity index (χ3v) is 9.31. The van der Waals surface area contributed by atoms with E-state index in [1.807, 2.05) is 0 Å². The summed E-state index contributed by atoms with van der Waals surface area (Å²) >= 11 is 0. The predicted octanol–water partition coefficient (Wildman–Crippen LogP) is 7.75. The molecule has 0 spiro atoms. The number of carbonyl (C=O) groups is 2. The van der Waals surface area contributed by atoms with Crippen LogP contribution in [0.3, 0.4) is 0 Å². The minimum Gasteiger partial charge on any atom is -0.462 e. The molecule has 4 heteroatoms. The van der Waals surface area contributed by atoms with Gasteiger partial charge in [-0.05, 0) is 78.3 Å². The highest BCUT2D eigenvalue weighted by Gasteiger charge is 2.50. The normalized spacial score (nSPS) is 34.7. The quantitative estimate of drug-likeness (QED) is 0.267. The van der Waals surface area contributed by atoms with Crippen LogP contribution in [-0.2, 0) is 19.1 Å². The average molecular weight is 497 g/mol. The van der Waals surface area contributed by atoms with Gasteiger partial charge in [0.1, 0.15) is 12.2 Å². The minimum atomic E-state index is -0.446. The first kappa shape index (κ1) is 28.5. The third kappa shape index (κ3) is 6.61. The maximum Gasteiger partial charge on any atom is 0.303 e. The van der Waals surface area contributed by atoms with Crippen molar-refractivity contribution in [2.24, 2.45) is 35.0 Å². The molecule has 3 aliphatic rings. The molecule has 0 aromatic heterocycles. The second-order valence-corrected chi connectivity index (χ2v) is 12.2. The maximum atomic E-state index is 11.7. The molecule has 0 amide bonds. The average Bonchev–Trinajstić information content (AvgIpc) is 3.15. The van der Waals surface area contributed by atoms with E-state index in [0.29, 0.717) is 47.8 Å². The van der Waals surface area contributed by atoms with Crippen LogP contribution in [0.15, 0.2) is 47.6 Å². The zero-order valence-corrected chi connectivity index (χ0v) is 23.6. The third-order valence-electron chi connectivity index (χ3n) is 9.31. The van der Waals surface area contributed by atoms with Gasteiger partial charge in [-0.1, -0.05) is 71.1 Å². The van der Waals surface area contributed by atoms with E-state index in [2.05, 4.69) is 65.5 Å². The lowest BCUT2D eigenvalue weighted by molar-refractivity contribution is -0.152. The predicted molar refractivity (Wildman–Crippen MR) is 146 cm³/mol. The first-order chi connectivity index (χ1) is 16.9. The standard InChI is InChI=1S/C32H48O4/c1-20(2)21(3)11-12-22(4)29-15-16-30-26(10-9-17-32(29,30)8)13-14-27-18-28(35-24(6)33)19-31(23(27)5)36-25(7)34/h11-14,20-22,28-31H,5,9-10,15-19H2,1-4,6-8H3/b12-11+,26-13+,27-14+/t21-,22+,28-,29?,30-,31-,32+/m0/s1. The summed E-state index contributed by atoms with van der Waals surface area (Å²) in [6, 6.07) is 0. The molecule has 4 nitrogen and oxygen atoms in total. The summed E-state index contributed by atoms with van der Waals surface area (Å²) in [5.41, 5.74) is 3.72. The summed E-state index contributed by atoms with van der Waals surface area (Å²) in [5.74, 6) is 2.55. The van der Waals surface area contributed by atoms with Gasteiger partial charge in [0.2, 0.25) is 0 Å². The second-order valence-electron chi connectivity index (χ2n) is 12.2. The lowest BCUT2D eigenvalue weighted by Gasteiger charge is -2.44. The Labute approximate surface area is 219 Å². The van der Waals surface area contributed by atoms with Crippen molar-refractivity contribution < 1.29 is 19.1 Å². The van der Waals surface area contributed by atoms with Gasteiger partial charge in [-0.3, -0.25) is 9.59 Å². The van der Waals surface area contributed by atoms with Gasteiger partial charge in [0.25, 0.3) is 0 Å². The van der Waals surface area contributed by atoms with Crippen molar-refractivity contribution in [3.05, 3.63) is 47.6 Å². The van der Waals surface area contributed by atoms with Gasteiger partial charge in [-0.2, -0.15) is 0 Å². The molecule has 0 bridgehead atoms. The van der Waals surface area contributed by atoms with E-state index in [1.54, 1.807) is 0 Å².